The molecule has 2 rings (SSSR count). The molecular weight excluding hydrogens is 300 g/mol. The molecular formula is C15H14ClF2NO2. The zero-order chi connectivity index (χ0) is 15.2. The fraction of sp³-hybridized carbons (Fsp3) is 0.200. The van der Waals surface area contributed by atoms with Crippen molar-refractivity contribution in [2.24, 2.45) is 0 Å². The Hall–Kier alpha value is -2.01. The third kappa shape index (κ3) is 4.49. The minimum Gasteiger partial charge on any atom is -0.493 e. The van der Waals surface area contributed by atoms with Crippen LogP contribution in [0.25, 0.3) is 0 Å². The van der Waals surface area contributed by atoms with E-state index in [0.29, 0.717) is 17.3 Å². The van der Waals surface area contributed by atoms with Gasteiger partial charge in [-0.05, 0) is 29.8 Å². The largest absolute Gasteiger partial charge is 0.493 e. The average molecular weight is 314 g/mol. The normalized spacial score (nSPS) is 10.5. The van der Waals surface area contributed by atoms with Crippen molar-refractivity contribution in [1.82, 2.24) is 0 Å². The molecule has 0 saturated heterocycles. The van der Waals surface area contributed by atoms with Crippen molar-refractivity contribution in [3.8, 4) is 11.5 Å². The first-order chi connectivity index (χ1) is 10.1. The smallest absolute Gasteiger partial charge is 0.387 e. The molecule has 0 aliphatic heterocycles. The molecule has 0 aromatic heterocycles. The molecule has 0 atom stereocenters. The molecule has 0 aliphatic rings. The molecule has 3 nitrogen and oxygen atoms in total. The van der Waals surface area contributed by atoms with Crippen molar-refractivity contribution in [2.45, 2.75) is 13.2 Å². The van der Waals surface area contributed by atoms with Gasteiger partial charge < -0.3 is 14.8 Å². The predicted molar refractivity (Wildman–Crippen MR) is 78.4 cm³/mol. The maximum Gasteiger partial charge on any atom is 0.387 e. The van der Waals surface area contributed by atoms with Crippen LogP contribution >= 0.6 is 11.6 Å². The number of nitrogens with one attached hydrogen (secondary N) is 1. The molecule has 0 saturated carbocycles. The number of hydrogen-bond acceptors (Lipinski definition) is 3. The van der Waals surface area contributed by atoms with E-state index in [4.69, 9.17) is 16.3 Å². The van der Waals surface area contributed by atoms with Gasteiger partial charge in [0.05, 0.1) is 7.11 Å². The Bertz CT molecular complexity index is 591. The lowest BCUT2D eigenvalue weighted by molar-refractivity contribution is -0.0511. The van der Waals surface area contributed by atoms with Gasteiger partial charge in [-0.3, -0.25) is 0 Å². The summed E-state index contributed by atoms with van der Waals surface area (Å²) in [5, 5.41) is 3.78. The summed E-state index contributed by atoms with van der Waals surface area (Å²) in [5.74, 6) is 0.251. The third-order valence-corrected chi connectivity index (χ3v) is 3.04. The van der Waals surface area contributed by atoms with Crippen molar-refractivity contribution < 1.29 is 18.3 Å². The Morgan fingerprint density at radius 3 is 2.43 bits per heavy atom. The molecule has 0 aliphatic carbocycles. The number of hydrogen-bond donors (Lipinski definition) is 1. The van der Waals surface area contributed by atoms with Crippen LogP contribution in [0.15, 0.2) is 42.5 Å². The van der Waals surface area contributed by atoms with Crippen LogP contribution in [0.1, 0.15) is 5.56 Å². The zero-order valence-corrected chi connectivity index (χ0v) is 12.0. The number of anilines is 1. The lowest BCUT2D eigenvalue weighted by Gasteiger charge is -2.13. The molecule has 2 aromatic carbocycles. The second kappa shape index (κ2) is 7.13. The fourth-order valence-electron chi connectivity index (χ4n) is 1.78. The number of alkyl halides is 2. The topological polar surface area (TPSA) is 30.5 Å². The highest BCUT2D eigenvalue weighted by Gasteiger charge is 2.11. The summed E-state index contributed by atoms with van der Waals surface area (Å²) < 4.78 is 34.1. The number of methoxy groups -OCH3 is 1. The molecule has 2 aromatic rings. The molecule has 0 bridgehead atoms. The van der Waals surface area contributed by atoms with Crippen molar-refractivity contribution in [3.05, 3.63) is 53.1 Å². The highest BCUT2D eigenvalue weighted by molar-refractivity contribution is 6.30. The Labute approximate surface area is 126 Å². The molecule has 21 heavy (non-hydrogen) atoms. The highest BCUT2D eigenvalue weighted by Crippen LogP contribution is 2.31. The summed E-state index contributed by atoms with van der Waals surface area (Å²) in [6, 6.07) is 12.1. The van der Waals surface area contributed by atoms with Crippen LogP contribution in [0.3, 0.4) is 0 Å². The summed E-state index contributed by atoms with van der Waals surface area (Å²) in [5.41, 5.74) is 1.67. The van der Waals surface area contributed by atoms with Crippen LogP contribution in [0.4, 0.5) is 14.5 Å². The van der Waals surface area contributed by atoms with Gasteiger partial charge in [0.25, 0.3) is 0 Å². The van der Waals surface area contributed by atoms with Crippen molar-refractivity contribution in [1.29, 1.82) is 0 Å². The van der Waals surface area contributed by atoms with E-state index in [1.165, 1.54) is 13.2 Å². The molecule has 6 heteroatoms. The second-order valence-corrected chi connectivity index (χ2v) is 4.66. The molecule has 0 unspecified atom stereocenters. The van der Waals surface area contributed by atoms with Crippen LogP contribution < -0.4 is 14.8 Å². The standard InChI is InChI=1S/C15H14ClF2NO2/c1-20-13-7-6-12(8-14(13)21-15(17)18)19-9-10-2-4-11(16)5-3-10/h2-8,15,19H,9H2,1H3. The Morgan fingerprint density at radius 1 is 1.10 bits per heavy atom. The Kier molecular flexibility index (Phi) is 5.22. The first kappa shape index (κ1) is 15.4. The summed E-state index contributed by atoms with van der Waals surface area (Å²) in [6.45, 7) is -2.36. The van der Waals surface area contributed by atoms with E-state index < -0.39 is 6.61 Å². The van der Waals surface area contributed by atoms with E-state index in [-0.39, 0.29) is 11.5 Å². The monoisotopic (exact) mass is 313 g/mol. The SMILES string of the molecule is COc1ccc(NCc2ccc(Cl)cc2)cc1OC(F)F. The van der Waals surface area contributed by atoms with Crippen LogP contribution in [0, 0.1) is 0 Å². The maximum atomic E-state index is 12.3. The number of rotatable bonds is 6. The van der Waals surface area contributed by atoms with Gasteiger partial charge in [0, 0.05) is 23.3 Å². The van der Waals surface area contributed by atoms with E-state index in [2.05, 4.69) is 10.1 Å². The van der Waals surface area contributed by atoms with Gasteiger partial charge in [0.1, 0.15) is 0 Å². The average Bonchev–Trinajstić information content (AvgIpc) is 2.46. The first-order valence-corrected chi connectivity index (χ1v) is 6.57. The maximum absolute atomic E-state index is 12.3. The summed E-state index contributed by atoms with van der Waals surface area (Å²) in [6.07, 6.45) is 0. The van der Waals surface area contributed by atoms with Crippen molar-refractivity contribution >= 4 is 17.3 Å². The summed E-state index contributed by atoms with van der Waals surface area (Å²) in [4.78, 5) is 0. The van der Waals surface area contributed by atoms with E-state index in [1.54, 1.807) is 24.3 Å². The quantitative estimate of drug-likeness (QED) is 0.848. The number of ether oxygens (including phenoxy) is 2. The van der Waals surface area contributed by atoms with Gasteiger partial charge in [0.15, 0.2) is 11.5 Å². The van der Waals surface area contributed by atoms with Crippen LogP contribution in [0.2, 0.25) is 5.02 Å². The molecule has 112 valence electrons. The molecule has 0 radical (unpaired) electrons. The van der Waals surface area contributed by atoms with E-state index in [9.17, 15) is 8.78 Å². The van der Waals surface area contributed by atoms with E-state index in [1.807, 2.05) is 12.1 Å². The fourth-order valence-corrected chi connectivity index (χ4v) is 1.91. The minimum atomic E-state index is -2.90. The van der Waals surface area contributed by atoms with E-state index >= 15 is 0 Å². The van der Waals surface area contributed by atoms with Crippen molar-refractivity contribution in [3.63, 3.8) is 0 Å². The van der Waals surface area contributed by atoms with Crippen LogP contribution in [-0.4, -0.2) is 13.7 Å². The summed E-state index contributed by atoms with van der Waals surface area (Å²) in [7, 11) is 1.40. The molecule has 0 heterocycles. The van der Waals surface area contributed by atoms with Gasteiger partial charge in [-0.25, -0.2) is 0 Å². The van der Waals surface area contributed by atoms with Gasteiger partial charge in [-0.2, -0.15) is 8.78 Å². The van der Waals surface area contributed by atoms with Gasteiger partial charge in [-0.15, -0.1) is 0 Å². The lowest BCUT2D eigenvalue weighted by Crippen LogP contribution is -2.05. The lowest BCUT2D eigenvalue weighted by atomic mass is 10.2. The van der Waals surface area contributed by atoms with Gasteiger partial charge in [0.2, 0.25) is 0 Å². The second-order valence-electron chi connectivity index (χ2n) is 4.22. The zero-order valence-electron chi connectivity index (χ0n) is 11.3. The number of benzene rings is 2. The molecule has 0 amide bonds. The number of halogens is 3. The molecule has 0 spiro atoms. The third-order valence-electron chi connectivity index (χ3n) is 2.79. The first-order valence-electron chi connectivity index (χ1n) is 6.19. The Morgan fingerprint density at radius 2 is 1.81 bits per heavy atom. The van der Waals surface area contributed by atoms with Crippen LogP contribution in [0.5, 0.6) is 11.5 Å². The molecule has 1 N–H and O–H groups in total. The highest BCUT2D eigenvalue weighted by atomic mass is 35.5. The minimum absolute atomic E-state index is 0.00592. The molecule has 0 fully saturated rings. The van der Waals surface area contributed by atoms with Gasteiger partial charge in [-0.1, -0.05) is 23.7 Å². The van der Waals surface area contributed by atoms with Crippen LogP contribution in [-0.2, 0) is 6.54 Å². The summed E-state index contributed by atoms with van der Waals surface area (Å²) >= 11 is 5.81. The van der Waals surface area contributed by atoms with Crippen molar-refractivity contribution in [2.75, 3.05) is 12.4 Å². The Balaban J connectivity index is 2.07. The van der Waals surface area contributed by atoms with E-state index in [0.717, 1.165) is 5.56 Å². The predicted octanol–water partition coefficient (Wildman–Crippen LogP) is 4.56. The van der Waals surface area contributed by atoms with Gasteiger partial charge >= 0.3 is 6.61 Å².